The average Bonchev–Trinajstić information content (AvgIpc) is 3.01. The number of hydrogen-bond donors (Lipinski definition) is 1. The fourth-order valence-corrected chi connectivity index (χ4v) is 3.60. The average molecular weight is 364 g/mol. The minimum absolute atomic E-state index is 0.0830. The molecule has 1 fully saturated rings. The maximum atomic E-state index is 13.6. The molecule has 0 aliphatic carbocycles. The molecule has 0 radical (unpaired) electrons. The van der Waals surface area contributed by atoms with Gasteiger partial charge in [0.15, 0.2) is 0 Å². The second-order valence-electron chi connectivity index (χ2n) is 5.58. The van der Waals surface area contributed by atoms with Crippen molar-refractivity contribution in [1.29, 1.82) is 0 Å². The standard InChI is InChI=1S/C17H17FN2O4S/c18-16-4-2-1-3-13(16)9-12-25(22,23)19-14-5-7-15(8-6-14)20-10-11-24-17(20)21/h1-8,19H,9-12H2. The molecule has 0 atom stereocenters. The Kier molecular flexibility index (Phi) is 4.89. The van der Waals surface area contributed by atoms with E-state index in [-0.39, 0.29) is 12.2 Å². The van der Waals surface area contributed by atoms with Crippen molar-refractivity contribution < 1.29 is 22.3 Å². The van der Waals surface area contributed by atoms with E-state index in [1.54, 1.807) is 42.5 Å². The molecule has 2 aromatic carbocycles. The van der Waals surface area contributed by atoms with E-state index < -0.39 is 21.9 Å². The summed E-state index contributed by atoms with van der Waals surface area (Å²) in [5.41, 5.74) is 1.37. The van der Waals surface area contributed by atoms with E-state index in [2.05, 4.69) is 4.72 Å². The Morgan fingerprint density at radius 2 is 1.84 bits per heavy atom. The van der Waals surface area contributed by atoms with Gasteiger partial charge in [-0.2, -0.15) is 0 Å². The molecule has 1 N–H and O–H groups in total. The summed E-state index contributed by atoms with van der Waals surface area (Å²) < 4.78 is 45.2. The maximum Gasteiger partial charge on any atom is 0.414 e. The minimum atomic E-state index is -3.61. The number of sulfonamides is 1. The van der Waals surface area contributed by atoms with Crippen LogP contribution in [0.4, 0.5) is 20.6 Å². The second kappa shape index (κ2) is 7.10. The topological polar surface area (TPSA) is 75.7 Å². The van der Waals surface area contributed by atoms with Crippen molar-refractivity contribution in [2.24, 2.45) is 0 Å². The number of carbonyl (C=O) groups excluding carboxylic acids is 1. The predicted octanol–water partition coefficient (Wildman–Crippen LogP) is 2.77. The van der Waals surface area contributed by atoms with Crippen molar-refractivity contribution in [1.82, 2.24) is 0 Å². The largest absolute Gasteiger partial charge is 0.447 e. The van der Waals surface area contributed by atoms with Crippen LogP contribution in [-0.4, -0.2) is 33.4 Å². The number of nitrogens with one attached hydrogen (secondary N) is 1. The lowest BCUT2D eigenvalue weighted by Crippen LogP contribution is -2.23. The highest BCUT2D eigenvalue weighted by Crippen LogP contribution is 2.21. The summed E-state index contributed by atoms with van der Waals surface area (Å²) in [6, 6.07) is 12.5. The van der Waals surface area contributed by atoms with E-state index in [1.165, 1.54) is 11.0 Å². The number of carbonyl (C=O) groups is 1. The molecule has 0 unspecified atom stereocenters. The molecule has 0 aromatic heterocycles. The first kappa shape index (κ1) is 17.2. The van der Waals surface area contributed by atoms with Crippen LogP contribution in [0, 0.1) is 5.82 Å². The molecule has 25 heavy (non-hydrogen) atoms. The van der Waals surface area contributed by atoms with E-state index in [0.29, 0.717) is 30.1 Å². The van der Waals surface area contributed by atoms with Crippen LogP contribution in [-0.2, 0) is 21.2 Å². The number of benzene rings is 2. The van der Waals surface area contributed by atoms with Gasteiger partial charge in [0.25, 0.3) is 0 Å². The number of hydrogen-bond acceptors (Lipinski definition) is 4. The highest BCUT2D eigenvalue weighted by Gasteiger charge is 2.23. The number of nitrogens with zero attached hydrogens (tertiary/aromatic N) is 1. The first-order chi connectivity index (χ1) is 11.9. The summed E-state index contributed by atoms with van der Waals surface area (Å²) in [6.07, 6.45) is -0.335. The molecule has 2 aromatic rings. The Morgan fingerprint density at radius 3 is 2.48 bits per heavy atom. The van der Waals surface area contributed by atoms with Crippen LogP contribution in [0.25, 0.3) is 0 Å². The number of aryl methyl sites for hydroxylation is 1. The fourth-order valence-electron chi connectivity index (χ4n) is 2.51. The monoisotopic (exact) mass is 364 g/mol. The summed E-state index contributed by atoms with van der Waals surface area (Å²) in [4.78, 5) is 13.0. The van der Waals surface area contributed by atoms with Gasteiger partial charge in [-0.1, -0.05) is 18.2 Å². The number of cyclic esters (lactones) is 1. The van der Waals surface area contributed by atoms with E-state index in [1.807, 2.05) is 0 Å². The van der Waals surface area contributed by atoms with Gasteiger partial charge in [-0.25, -0.2) is 17.6 Å². The van der Waals surface area contributed by atoms with Crippen LogP contribution in [0.5, 0.6) is 0 Å². The van der Waals surface area contributed by atoms with Crippen LogP contribution in [0.2, 0.25) is 0 Å². The third-order valence-corrected chi connectivity index (χ3v) is 5.10. The summed E-state index contributed by atoms with van der Waals surface area (Å²) in [5, 5.41) is 0. The first-order valence-electron chi connectivity index (χ1n) is 7.73. The van der Waals surface area contributed by atoms with Gasteiger partial charge in [-0.3, -0.25) is 9.62 Å². The number of amides is 1. The number of rotatable bonds is 6. The highest BCUT2D eigenvalue weighted by molar-refractivity contribution is 7.92. The van der Waals surface area contributed by atoms with Gasteiger partial charge < -0.3 is 4.74 Å². The normalized spacial score (nSPS) is 14.4. The lowest BCUT2D eigenvalue weighted by molar-refractivity contribution is 0.181. The van der Waals surface area contributed by atoms with Gasteiger partial charge in [0.2, 0.25) is 10.0 Å². The van der Waals surface area contributed by atoms with Crippen LogP contribution >= 0.6 is 0 Å². The summed E-state index contributed by atoms with van der Waals surface area (Å²) in [7, 11) is -3.61. The van der Waals surface area contributed by atoms with Crippen molar-refractivity contribution in [3.8, 4) is 0 Å². The second-order valence-corrected chi connectivity index (χ2v) is 7.42. The van der Waals surface area contributed by atoms with E-state index in [4.69, 9.17) is 4.74 Å². The molecule has 1 heterocycles. The molecule has 132 valence electrons. The zero-order valence-corrected chi connectivity index (χ0v) is 14.1. The number of halogens is 1. The van der Waals surface area contributed by atoms with Gasteiger partial charge in [-0.15, -0.1) is 0 Å². The SMILES string of the molecule is O=C1OCCN1c1ccc(NS(=O)(=O)CCc2ccccc2F)cc1. The molecular weight excluding hydrogens is 347 g/mol. The number of ether oxygens (including phenoxy) is 1. The molecular formula is C17H17FN2O4S. The molecule has 6 nitrogen and oxygen atoms in total. The maximum absolute atomic E-state index is 13.6. The molecule has 0 spiro atoms. The fraction of sp³-hybridized carbons (Fsp3) is 0.235. The summed E-state index contributed by atoms with van der Waals surface area (Å²) in [6.45, 7) is 0.801. The van der Waals surface area contributed by atoms with E-state index >= 15 is 0 Å². The molecule has 0 saturated carbocycles. The van der Waals surface area contributed by atoms with Crippen molar-refractivity contribution in [3.05, 3.63) is 59.9 Å². The van der Waals surface area contributed by atoms with Crippen LogP contribution in [0.15, 0.2) is 48.5 Å². The zero-order chi connectivity index (χ0) is 17.9. The third kappa shape index (κ3) is 4.27. The lowest BCUT2D eigenvalue weighted by atomic mass is 10.2. The molecule has 1 aliphatic heterocycles. The lowest BCUT2D eigenvalue weighted by Gasteiger charge is -2.14. The summed E-state index contributed by atoms with van der Waals surface area (Å²) >= 11 is 0. The van der Waals surface area contributed by atoms with Crippen molar-refractivity contribution in [3.63, 3.8) is 0 Å². The molecule has 0 bridgehead atoms. The molecule has 8 heteroatoms. The quantitative estimate of drug-likeness (QED) is 0.855. The van der Waals surface area contributed by atoms with Gasteiger partial charge in [0.05, 0.1) is 12.3 Å². The molecule has 1 amide bonds. The zero-order valence-electron chi connectivity index (χ0n) is 13.3. The van der Waals surface area contributed by atoms with Crippen LogP contribution < -0.4 is 9.62 Å². The van der Waals surface area contributed by atoms with Crippen LogP contribution in [0.1, 0.15) is 5.56 Å². The smallest absolute Gasteiger partial charge is 0.414 e. The van der Waals surface area contributed by atoms with E-state index in [0.717, 1.165) is 0 Å². The Morgan fingerprint density at radius 1 is 1.12 bits per heavy atom. The Hall–Kier alpha value is -2.61. The van der Waals surface area contributed by atoms with Gasteiger partial charge in [-0.05, 0) is 42.3 Å². The van der Waals surface area contributed by atoms with Crippen molar-refractivity contribution in [2.75, 3.05) is 28.5 Å². The van der Waals surface area contributed by atoms with Gasteiger partial charge >= 0.3 is 6.09 Å². The minimum Gasteiger partial charge on any atom is -0.447 e. The van der Waals surface area contributed by atoms with Crippen molar-refractivity contribution >= 4 is 27.5 Å². The van der Waals surface area contributed by atoms with E-state index in [9.17, 15) is 17.6 Å². The Labute approximate surface area is 145 Å². The van der Waals surface area contributed by atoms with Crippen molar-refractivity contribution in [2.45, 2.75) is 6.42 Å². The van der Waals surface area contributed by atoms with Gasteiger partial charge in [0, 0.05) is 11.4 Å². The predicted molar refractivity (Wildman–Crippen MR) is 92.6 cm³/mol. The molecule has 1 saturated heterocycles. The molecule has 3 rings (SSSR count). The highest BCUT2D eigenvalue weighted by atomic mass is 32.2. The van der Waals surface area contributed by atoms with Crippen LogP contribution in [0.3, 0.4) is 0 Å². The van der Waals surface area contributed by atoms with Gasteiger partial charge in [0.1, 0.15) is 12.4 Å². The first-order valence-corrected chi connectivity index (χ1v) is 9.38. The Balaban J connectivity index is 1.62. The third-order valence-electron chi connectivity index (χ3n) is 3.81. The Bertz CT molecular complexity index is 868. The summed E-state index contributed by atoms with van der Waals surface area (Å²) in [5.74, 6) is -0.645. The molecule has 1 aliphatic rings. The number of anilines is 2.